The van der Waals surface area contributed by atoms with Gasteiger partial charge in [-0.05, 0) is 25.3 Å². The largest absolute Gasteiger partial charge is 0.368 e. The number of amides is 1. The molecule has 0 aliphatic carbocycles. The van der Waals surface area contributed by atoms with E-state index in [2.05, 4.69) is 4.99 Å². The fourth-order valence-electron chi connectivity index (χ4n) is 1.34. The summed E-state index contributed by atoms with van der Waals surface area (Å²) < 4.78 is 0. The molecule has 1 atom stereocenters. The number of rotatable bonds is 4. The highest BCUT2D eigenvalue weighted by atomic mass is 32.2. The average molecular weight is 247 g/mol. The fraction of sp³-hybridized carbons (Fsp3) is 0.250. The first-order chi connectivity index (χ1) is 8.10. The molecule has 17 heavy (non-hydrogen) atoms. The number of nitrogens with zero attached hydrogens (tertiary/aromatic N) is 2. The van der Waals surface area contributed by atoms with Crippen molar-refractivity contribution in [1.82, 2.24) is 0 Å². The molecule has 88 valence electrons. The SMILES string of the molecule is CSc1ccccc1N=C(C)C(C#N)C(N)=O. The number of carbonyl (C=O) groups is 1. The summed E-state index contributed by atoms with van der Waals surface area (Å²) in [5, 5.41) is 8.83. The normalized spacial score (nSPS) is 12.9. The lowest BCUT2D eigenvalue weighted by molar-refractivity contribution is -0.118. The summed E-state index contributed by atoms with van der Waals surface area (Å²) in [5.41, 5.74) is 6.29. The number of benzene rings is 1. The zero-order valence-corrected chi connectivity index (χ0v) is 10.5. The smallest absolute Gasteiger partial charge is 0.240 e. The molecule has 0 fully saturated rings. The van der Waals surface area contributed by atoms with Crippen LogP contribution in [0.15, 0.2) is 34.2 Å². The summed E-state index contributed by atoms with van der Waals surface area (Å²) in [5.74, 6) is -1.64. The predicted molar refractivity (Wildman–Crippen MR) is 69.3 cm³/mol. The predicted octanol–water partition coefficient (Wildman–Crippen LogP) is 2.13. The highest BCUT2D eigenvalue weighted by Gasteiger charge is 2.18. The van der Waals surface area contributed by atoms with Crippen LogP contribution in [0.1, 0.15) is 6.92 Å². The zero-order chi connectivity index (χ0) is 12.8. The molecule has 1 rings (SSSR count). The monoisotopic (exact) mass is 247 g/mol. The summed E-state index contributed by atoms with van der Waals surface area (Å²) in [6, 6.07) is 9.39. The van der Waals surface area contributed by atoms with Gasteiger partial charge in [-0.2, -0.15) is 5.26 Å². The van der Waals surface area contributed by atoms with Crippen molar-refractivity contribution in [2.24, 2.45) is 16.6 Å². The van der Waals surface area contributed by atoms with Gasteiger partial charge in [0.25, 0.3) is 0 Å². The second-order valence-electron chi connectivity index (χ2n) is 3.39. The molecule has 2 N–H and O–H groups in total. The van der Waals surface area contributed by atoms with Crippen molar-refractivity contribution in [1.29, 1.82) is 5.26 Å². The molecule has 4 nitrogen and oxygen atoms in total. The van der Waals surface area contributed by atoms with Gasteiger partial charge in [-0.3, -0.25) is 9.79 Å². The van der Waals surface area contributed by atoms with Crippen molar-refractivity contribution >= 4 is 29.1 Å². The first-order valence-electron chi connectivity index (χ1n) is 4.97. The van der Waals surface area contributed by atoms with Crippen LogP contribution >= 0.6 is 11.8 Å². The number of thioether (sulfide) groups is 1. The quantitative estimate of drug-likeness (QED) is 0.653. The molecule has 0 bridgehead atoms. The van der Waals surface area contributed by atoms with Crippen molar-refractivity contribution in [2.75, 3.05) is 6.26 Å². The lowest BCUT2D eigenvalue weighted by Crippen LogP contribution is -2.27. The van der Waals surface area contributed by atoms with E-state index in [9.17, 15) is 4.79 Å². The van der Waals surface area contributed by atoms with Crippen LogP contribution in [-0.4, -0.2) is 17.9 Å². The molecule has 5 heteroatoms. The van der Waals surface area contributed by atoms with Crippen molar-refractivity contribution in [3.8, 4) is 6.07 Å². The van der Waals surface area contributed by atoms with E-state index >= 15 is 0 Å². The Morgan fingerprint density at radius 1 is 1.53 bits per heavy atom. The van der Waals surface area contributed by atoms with Gasteiger partial charge in [-0.25, -0.2) is 0 Å². The van der Waals surface area contributed by atoms with Gasteiger partial charge in [0.1, 0.15) is 0 Å². The molecular formula is C12H13N3OS. The maximum Gasteiger partial charge on any atom is 0.240 e. The molecule has 1 aromatic rings. The Labute approximate surface area is 105 Å². The van der Waals surface area contributed by atoms with E-state index in [1.165, 1.54) is 0 Å². The van der Waals surface area contributed by atoms with Gasteiger partial charge in [0.2, 0.25) is 5.91 Å². The molecule has 1 amide bonds. The van der Waals surface area contributed by atoms with Crippen LogP contribution < -0.4 is 5.73 Å². The van der Waals surface area contributed by atoms with Crippen molar-refractivity contribution < 1.29 is 4.79 Å². The van der Waals surface area contributed by atoms with Crippen LogP contribution in [-0.2, 0) is 4.79 Å². The van der Waals surface area contributed by atoms with Crippen LogP contribution in [0.25, 0.3) is 0 Å². The lowest BCUT2D eigenvalue weighted by Gasteiger charge is -2.06. The number of primary amides is 1. The summed E-state index contributed by atoms with van der Waals surface area (Å²) >= 11 is 1.56. The topological polar surface area (TPSA) is 79.2 Å². The molecule has 1 aromatic carbocycles. The third-order valence-corrected chi connectivity index (χ3v) is 3.00. The molecular weight excluding hydrogens is 234 g/mol. The van der Waals surface area contributed by atoms with Crippen LogP contribution in [0, 0.1) is 17.2 Å². The molecule has 0 spiro atoms. The van der Waals surface area contributed by atoms with Gasteiger partial charge >= 0.3 is 0 Å². The molecule has 0 aromatic heterocycles. The molecule has 0 aliphatic heterocycles. The Morgan fingerprint density at radius 2 is 2.18 bits per heavy atom. The van der Waals surface area contributed by atoms with Gasteiger partial charge in [-0.15, -0.1) is 11.8 Å². The third kappa shape index (κ3) is 3.33. The molecule has 0 aliphatic rings. The number of nitrogens with two attached hydrogens (primary N) is 1. The first-order valence-corrected chi connectivity index (χ1v) is 6.19. The molecule has 0 heterocycles. The number of para-hydroxylation sites is 1. The Hall–Kier alpha value is -1.80. The van der Waals surface area contributed by atoms with Gasteiger partial charge in [0.15, 0.2) is 5.92 Å². The highest BCUT2D eigenvalue weighted by Crippen LogP contribution is 2.27. The molecule has 0 saturated heterocycles. The zero-order valence-electron chi connectivity index (χ0n) is 9.68. The van der Waals surface area contributed by atoms with Crippen LogP contribution in [0.3, 0.4) is 0 Å². The van der Waals surface area contributed by atoms with Crippen molar-refractivity contribution in [3.63, 3.8) is 0 Å². The Balaban J connectivity index is 3.10. The minimum atomic E-state index is -0.968. The van der Waals surface area contributed by atoms with Crippen LogP contribution in [0.4, 0.5) is 5.69 Å². The minimum absolute atomic E-state index is 0.418. The number of carbonyl (C=O) groups excluding carboxylic acids is 1. The average Bonchev–Trinajstić information content (AvgIpc) is 2.30. The number of hydrogen-bond donors (Lipinski definition) is 1. The summed E-state index contributed by atoms with van der Waals surface area (Å²) in [6.07, 6.45) is 1.94. The van der Waals surface area contributed by atoms with Gasteiger partial charge < -0.3 is 5.73 Å². The molecule has 0 saturated carbocycles. The Bertz CT molecular complexity index is 491. The maximum atomic E-state index is 11.0. The summed E-state index contributed by atoms with van der Waals surface area (Å²) in [4.78, 5) is 16.3. The number of nitriles is 1. The van der Waals surface area contributed by atoms with E-state index < -0.39 is 11.8 Å². The number of hydrogen-bond acceptors (Lipinski definition) is 4. The number of aliphatic imine (C=N–C) groups is 1. The highest BCUT2D eigenvalue weighted by molar-refractivity contribution is 7.98. The standard InChI is InChI=1S/C12H13N3OS/c1-8(9(7-13)12(14)16)15-10-5-3-4-6-11(10)17-2/h3-6,9H,1-2H3,(H2,14,16). The van der Waals surface area contributed by atoms with E-state index in [1.54, 1.807) is 18.7 Å². The second kappa shape index (κ2) is 6.06. The first kappa shape index (κ1) is 13.3. The fourth-order valence-corrected chi connectivity index (χ4v) is 1.88. The van der Waals surface area contributed by atoms with E-state index in [0.29, 0.717) is 5.71 Å². The van der Waals surface area contributed by atoms with Crippen molar-refractivity contribution in [3.05, 3.63) is 24.3 Å². The van der Waals surface area contributed by atoms with Gasteiger partial charge in [0.05, 0.1) is 11.8 Å². The maximum absolute atomic E-state index is 11.0. The third-order valence-electron chi connectivity index (χ3n) is 2.21. The Morgan fingerprint density at radius 3 is 2.71 bits per heavy atom. The van der Waals surface area contributed by atoms with E-state index in [4.69, 9.17) is 11.0 Å². The van der Waals surface area contributed by atoms with E-state index in [0.717, 1.165) is 10.6 Å². The molecule has 0 radical (unpaired) electrons. The van der Waals surface area contributed by atoms with E-state index in [1.807, 2.05) is 36.6 Å². The van der Waals surface area contributed by atoms with Crippen molar-refractivity contribution in [2.45, 2.75) is 11.8 Å². The molecule has 1 unspecified atom stereocenters. The second-order valence-corrected chi connectivity index (χ2v) is 4.24. The summed E-state index contributed by atoms with van der Waals surface area (Å²) in [6.45, 7) is 1.63. The summed E-state index contributed by atoms with van der Waals surface area (Å²) in [7, 11) is 0. The lowest BCUT2D eigenvalue weighted by atomic mass is 10.1. The van der Waals surface area contributed by atoms with Gasteiger partial charge in [-0.1, -0.05) is 12.1 Å². The van der Waals surface area contributed by atoms with Crippen LogP contribution in [0.5, 0.6) is 0 Å². The minimum Gasteiger partial charge on any atom is -0.368 e. The van der Waals surface area contributed by atoms with Crippen LogP contribution in [0.2, 0.25) is 0 Å². The van der Waals surface area contributed by atoms with Gasteiger partial charge in [0, 0.05) is 10.6 Å². The van der Waals surface area contributed by atoms with E-state index in [-0.39, 0.29) is 0 Å². The Kier molecular flexibility index (Phi) is 4.73.